The lowest BCUT2D eigenvalue weighted by molar-refractivity contribution is 0.456. The smallest absolute Gasteiger partial charge is 0.0171 e. The molecular weight excluding hydrogens is 122 g/mol. The van der Waals surface area contributed by atoms with Crippen molar-refractivity contribution in [1.82, 2.24) is 4.90 Å². The molecule has 8 heavy (non-hydrogen) atoms. The van der Waals surface area contributed by atoms with Crippen LogP contribution in [0.4, 0.5) is 0 Å². The molecule has 0 aromatic carbocycles. The van der Waals surface area contributed by atoms with Crippen LogP contribution in [-0.2, 0) is 0 Å². The average molecular weight is 134 g/mol. The number of rotatable bonds is 2. The highest BCUT2D eigenvalue weighted by molar-refractivity contribution is 6.29. The zero-order valence-electron chi connectivity index (χ0n) is 5.61. The summed E-state index contributed by atoms with van der Waals surface area (Å²) < 4.78 is 0. The van der Waals surface area contributed by atoms with E-state index in [1.54, 1.807) is 0 Å². The molecule has 0 bridgehead atoms. The summed E-state index contributed by atoms with van der Waals surface area (Å²) in [4.78, 5) is 2.06. The monoisotopic (exact) mass is 133 g/mol. The van der Waals surface area contributed by atoms with E-state index in [0.29, 0.717) is 0 Å². The fourth-order valence-corrected chi connectivity index (χ4v) is 0.377. The Labute approximate surface area is 55.9 Å². The molecule has 0 aromatic heterocycles. The molecule has 48 valence electrons. The van der Waals surface area contributed by atoms with Gasteiger partial charge in [0.15, 0.2) is 0 Å². The largest absolute Gasteiger partial charge is 0.306 e. The topological polar surface area (TPSA) is 3.24 Å². The van der Waals surface area contributed by atoms with E-state index in [1.807, 2.05) is 27.1 Å². The zero-order chi connectivity index (χ0) is 6.57. The van der Waals surface area contributed by atoms with E-state index in [9.17, 15) is 0 Å². The first-order valence-electron chi connectivity index (χ1n) is 2.60. The van der Waals surface area contributed by atoms with E-state index in [0.717, 1.165) is 11.6 Å². The van der Waals surface area contributed by atoms with Gasteiger partial charge in [0.05, 0.1) is 0 Å². The van der Waals surface area contributed by atoms with Crippen molar-refractivity contribution in [3.05, 3.63) is 11.1 Å². The van der Waals surface area contributed by atoms with Crippen molar-refractivity contribution < 1.29 is 0 Å². The molecule has 0 heterocycles. The third kappa shape index (κ3) is 5.99. The van der Waals surface area contributed by atoms with E-state index in [4.69, 9.17) is 11.6 Å². The fraction of sp³-hybridized carbons (Fsp3) is 0.667. The van der Waals surface area contributed by atoms with Gasteiger partial charge in [0, 0.05) is 11.6 Å². The standard InChI is InChI=1S/C6H12ClN/c1-6(7)4-5-8(2)3/h4H,5H2,1-3H3. The summed E-state index contributed by atoms with van der Waals surface area (Å²) in [6.45, 7) is 2.81. The lowest BCUT2D eigenvalue weighted by Crippen LogP contribution is -2.10. The molecule has 0 N–H and O–H groups in total. The van der Waals surface area contributed by atoms with E-state index in [2.05, 4.69) is 4.90 Å². The second kappa shape index (κ2) is 3.93. The second-order valence-electron chi connectivity index (χ2n) is 2.05. The molecule has 0 radical (unpaired) electrons. The summed E-state index contributed by atoms with van der Waals surface area (Å²) >= 11 is 5.56. The van der Waals surface area contributed by atoms with Gasteiger partial charge in [-0.1, -0.05) is 17.7 Å². The number of likely N-dealkylation sites (N-methyl/N-ethyl adjacent to an activating group) is 1. The molecule has 0 aromatic rings. The highest BCUT2D eigenvalue weighted by Crippen LogP contribution is 1.96. The summed E-state index contributed by atoms with van der Waals surface area (Å²) in [6, 6.07) is 0. The molecule has 0 aliphatic heterocycles. The minimum absolute atomic E-state index is 0.860. The summed E-state index contributed by atoms with van der Waals surface area (Å²) in [5.41, 5.74) is 0. The first-order chi connectivity index (χ1) is 3.63. The Kier molecular flexibility index (Phi) is 3.92. The van der Waals surface area contributed by atoms with Crippen molar-refractivity contribution >= 4 is 11.6 Å². The maximum atomic E-state index is 5.56. The molecule has 0 aliphatic rings. The Morgan fingerprint density at radius 3 is 2.25 bits per heavy atom. The number of hydrogen-bond acceptors (Lipinski definition) is 1. The maximum absolute atomic E-state index is 5.56. The fourth-order valence-electron chi connectivity index (χ4n) is 0.308. The van der Waals surface area contributed by atoms with Crippen molar-refractivity contribution in [1.29, 1.82) is 0 Å². The van der Waals surface area contributed by atoms with Crippen molar-refractivity contribution in [3.63, 3.8) is 0 Å². The molecule has 0 amide bonds. The lowest BCUT2D eigenvalue weighted by atomic mass is 10.5. The van der Waals surface area contributed by atoms with Gasteiger partial charge in [0.1, 0.15) is 0 Å². The molecular formula is C6H12ClN. The van der Waals surface area contributed by atoms with Gasteiger partial charge >= 0.3 is 0 Å². The van der Waals surface area contributed by atoms with Crippen LogP contribution in [0.1, 0.15) is 6.92 Å². The molecule has 2 heteroatoms. The predicted molar refractivity (Wildman–Crippen MR) is 38.2 cm³/mol. The van der Waals surface area contributed by atoms with Gasteiger partial charge < -0.3 is 4.90 Å². The first kappa shape index (κ1) is 7.99. The Morgan fingerprint density at radius 2 is 2.12 bits per heavy atom. The number of nitrogens with zero attached hydrogens (tertiary/aromatic N) is 1. The van der Waals surface area contributed by atoms with Gasteiger partial charge in [-0.2, -0.15) is 0 Å². The highest BCUT2D eigenvalue weighted by atomic mass is 35.5. The zero-order valence-corrected chi connectivity index (χ0v) is 6.37. The molecule has 0 atom stereocenters. The Hall–Kier alpha value is -0.0100. The van der Waals surface area contributed by atoms with Gasteiger partial charge in [-0.05, 0) is 21.0 Å². The van der Waals surface area contributed by atoms with E-state index in [1.165, 1.54) is 0 Å². The Bertz CT molecular complexity index is 82.5. The number of hydrogen-bond donors (Lipinski definition) is 0. The minimum atomic E-state index is 0.860. The van der Waals surface area contributed by atoms with Crippen LogP contribution in [0, 0.1) is 0 Å². The van der Waals surface area contributed by atoms with Gasteiger partial charge in [-0.25, -0.2) is 0 Å². The third-order valence-electron chi connectivity index (χ3n) is 0.738. The molecule has 1 nitrogen and oxygen atoms in total. The van der Waals surface area contributed by atoms with Gasteiger partial charge in [-0.3, -0.25) is 0 Å². The molecule has 0 aliphatic carbocycles. The van der Waals surface area contributed by atoms with E-state index >= 15 is 0 Å². The van der Waals surface area contributed by atoms with E-state index in [-0.39, 0.29) is 0 Å². The molecule has 0 saturated heterocycles. The van der Waals surface area contributed by atoms with Gasteiger partial charge in [0.2, 0.25) is 0 Å². The Morgan fingerprint density at radius 1 is 1.62 bits per heavy atom. The Balaban J connectivity index is 3.29. The van der Waals surface area contributed by atoms with Crippen LogP contribution in [0.2, 0.25) is 0 Å². The van der Waals surface area contributed by atoms with Crippen LogP contribution in [0.5, 0.6) is 0 Å². The third-order valence-corrected chi connectivity index (χ3v) is 0.892. The van der Waals surface area contributed by atoms with Gasteiger partial charge in [0.25, 0.3) is 0 Å². The summed E-state index contributed by atoms with van der Waals surface area (Å²) in [5, 5.41) is 0.860. The van der Waals surface area contributed by atoms with Crippen LogP contribution in [0.3, 0.4) is 0 Å². The summed E-state index contributed by atoms with van der Waals surface area (Å²) in [7, 11) is 4.02. The van der Waals surface area contributed by atoms with Crippen molar-refractivity contribution in [2.45, 2.75) is 6.92 Å². The van der Waals surface area contributed by atoms with Crippen LogP contribution < -0.4 is 0 Å². The van der Waals surface area contributed by atoms with Gasteiger partial charge in [-0.15, -0.1) is 0 Å². The highest BCUT2D eigenvalue weighted by Gasteiger charge is 1.82. The minimum Gasteiger partial charge on any atom is -0.306 e. The number of halogens is 1. The number of allylic oxidation sites excluding steroid dienone is 1. The molecule has 0 spiro atoms. The van der Waals surface area contributed by atoms with Crippen molar-refractivity contribution in [2.75, 3.05) is 20.6 Å². The van der Waals surface area contributed by atoms with Crippen LogP contribution >= 0.6 is 11.6 Å². The first-order valence-corrected chi connectivity index (χ1v) is 2.97. The molecule has 0 unspecified atom stereocenters. The summed E-state index contributed by atoms with van der Waals surface area (Å²) in [6.07, 6.45) is 1.97. The molecule has 0 saturated carbocycles. The van der Waals surface area contributed by atoms with Crippen LogP contribution in [-0.4, -0.2) is 25.5 Å². The molecule has 0 fully saturated rings. The van der Waals surface area contributed by atoms with Crippen molar-refractivity contribution in [2.24, 2.45) is 0 Å². The predicted octanol–water partition coefficient (Wildman–Crippen LogP) is 1.69. The average Bonchev–Trinajstić information content (AvgIpc) is 1.61. The van der Waals surface area contributed by atoms with Crippen LogP contribution in [0.15, 0.2) is 11.1 Å². The summed E-state index contributed by atoms with van der Waals surface area (Å²) in [5.74, 6) is 0. The normalized spacial score (nSPS) is 12.9. The lowest BCUT2D eigenvalue weighted by Gasteiger charge is -2.03. The van der Waals surface area contributed by atoms with Crippen LogP contribution in [0.25, 0.3) is 0 Å². The van der Waals surface area contributed by atoms with E-state index < -0.39 is 0 Å². The second-order valence-corrected chi connectivity index (χ2v) is 2.65. The quantitative estimate of drug-likeness (QED) is 0.554. The molecule has 0 rings (SSSR count). The van der Waals surface area contributed by atoms with Crippen molar-refractivity contribution in [3.8, 4) is 0 Å². The SMILES string of the molecule is CC(Cl)=CCN(C)C. The maximum Gasteiger partial charge on any atom is 0.0171 e.